The first-order valence-electron chi connectivity index (χ1n) is 3.81. The van der Waals surface area contributed by atoms with E-state index in [1.807, 2.05) is 20.8 Å². The Kier molecular flexibility index (Phi) is 52.3. The van der Waals surface area contributed by atoms with Crippen molar-refractivity contribution in [2.24, 2.45) is 5.73 Å². The van der Waals surface area contributed by atoms with E-state index in [0.29, 0.717) is 13.0 Å². The van der Waals surface area contributed by atoms with Crippen LogP contribution >= 0.6 is 0 Å². The van der Waals surface area contributed by atoms with Gasteiger partial charge in [0.2, 0.25) is 6.41 Å². The Labute approximate surface area is 68.8 Å². The second-order valence-corrected chi connectivity index (χ2v) is 1.20. The molecule has 0 atom stereocenters. The Balaban J connectivity index is -0.000000109. The molecule has 0 spiro atoms. The predicted molar refractivity (Wildman–Crippen MR) is 47.2 cm³/mol. The first-order valence-corrected chi connectivity index (χ1v) is 3.81. The zero-order valence-electron chi connectivity index (χ0n) is 7.63. The van der Waals surface area contributed by atoms with E-state index < -0.39 is 0 Å². The van der Waals surface area contributed by atoms with Crippen LogP contribution in [0.2, 0.25) is 0 Å². The van der Waals surface area contributed by atoms with Crippen LogP contribution in [0.25, 0.3) is 0 Å². The fraction of sp³-hybridized carbons (Fsp3) is 0.857. The molecule has 4 heteroatoms. The average molecular weight is 164 g/mol. The third-order valence-electron chi connectivity index (χ3n) is 0.339. The van der Waals surface area contributed by atoms with E-state index in [0.717, 1.165) is 6.54 Å². The molecule has 0 saturated heterocycles. The maximum Gasteiger partial charge on any atom is 0.207 e. The van der Waals surface area contributed by atoms with Gasteiger partial charge in [-0.2, -0.15) is 0 Å². The molecule has 4 N–H and O–H groups in total. The summed E-state index contributed by atoms with van der Waals surface area (Å²) in [5.41, 5.74) is 4.85. The van der Waals surface area contributed by atoms with Gasteiger partial charge in [-0.1, -0.05) is 20.8 Å². The van der Waals surface area contributed by atoms with Gasteiger partial charge in [-0.25, -0.2) is 0 Å². The molecule has 0 fully saturated rings. The van der Waals surface area contributed by atoms with Crippen molar-refractivity contribution >= 4 is 6.41 Å². The zero-order valence-corrected chi connectivity index (χ0v) is 7.63. The molecule has 0 bridgehead atoms. The summed E-state index contributed by atoms with van der Waals surface area (Å²) < 4.78 is 0. The van der Waals surface area contributed by atoms with Crippen LogP contribution in [-0.2, 0) is 4.79 Å². The minimum atomic E-state index is 0.0126. The maximum absolute atomic E-state index is 9.34. The summed E-state index contributed by atoms with van der Waals surface area (Å²) in [4.78, 5) is 9.34. The summed E-state index contributed by atoms with van der Waals surface area (Å²) in [5, 5.41) is 10.2. The SMILES string of the molecule is CC.CCN.O=CNCCO. The number of amides is 1. The largest absolute Gasteiger partial charge is 0.395 e. The number of nitrogens with one attached hydrogen (secondary N) is 1. The molecule has 0 aliphatic rings. The van der Waals surface area contributed by atoms with Gasteiger partial charge in [0, 0.05) is 6.54 Å². The molecule has 70 valence electrons. The van der Waals surface area contributed by atoms with E-state index in [-0.39, 0.29) is 6.61 Å². The molecule has 0 heterocycles. The van der Waals surface area contributed by atoms with Gasteiger partial charge in [0.15, 0.2) is 0 Å². The topological polar surface area (TPSA) is 75.4 Å². The lowest BCUT2D eigenvalue weighted by Gasteiger charge is -1.85. The van der Waals surface area contributed by atoms with Gasteiger partial charge in [-0.15, -0.1) is 0 Å². The minimum Gasteiger partial charge on any atom is -0.395 e. The number of carbonyl (C=O) groups is 1. The Morgan fingerprint density at radius 3 is 2.00 bits per heavy atom. The van der Waals surface area contributed by atoms with Crippen LogP contribution in [-0.4, -0.2) is 31.2 Å². The van der Waals surface area contributed by atoms with E-state index in [1.54, 1.807) is 0 Å². The van der Waals surface area contributed by atoms with Gasteiger partial charge in [0.25, 0.3) is 0 Å². The molecule has 1 amide bonds. The van der Waals surface area contributed by atoms with Crippen LogP contribution in [0, 0.1) is 0 Å². The second-order valence-electron chi connectivity index (χ2n) is 1.20. The number of hydrogen-bond acceptors (Lipinski definition) is 3. The maximum atomic E-state index is 9.34. The highest BCUT2D eigenvalue weighted by Crippen LogP contribution is 1.44. The van der Waals surface area contributed by atoms with E-state index in [9.17, 15) is 4.79 Å². The average Bonchev–Trinajstić information content (AvgIpc) is 2.06. The molecule has 0 aliphatic heterocycles. The van der Waals surface area contributed by atoms with Crippen molar-refractivity contribution in [3.05, 3.63) is 0 Å². The fourth-order valence-electron chi connectivity index (χ4n) is 0.123. The van der Waals surface area contributed by atoms with Crippen LogP contribution in [0.15, 0.2) is 0 Å². The van der Waals surface area contributed by atoms with Gasteiger partial charge in [0.05, 0.1) is 6.61 Å². The van der Waals surface area contributed by atoms with Crippen molar-refractivity contribution in [3.63, 3.8) is 0 Å². The lowest BCUT2D eigenvalue weighted by atomic mass is 10.7. The number of nitrogens with two attached hydrogens (primary N) is 1. The Morgan fingerprint density at radius 2 is 1.91 bits per heavy atom. The van der Waals surface area contributed by atoms with Crippen molar-refractivity contribution in [2.75, 3.05) is 19.7 Å². The molecule has 0 aromatic carbocycles. The van der Waals surface area contributed by atoms with Crippen molar-refractivity contribution in [1.29, 1.82) is 0 Å². The molecule has 0 aliphatic carbocycles. The highest BCUT2D eigenvalue weighted by Gasteiger charge is 1.70. The van der Waals surface area contributed by atoms with Crippen molar-refractivity contribution in [3.8, 4) is 0 Å². The quantitative estimate of drug-likeness (QED) is 0.396. The summed E-state index contributed by atoms with van der Waals surface area (Å²) in [7, 11) is 0. The van der Waals surface area contributed by atoms with Gasteiger partial charge in [-0.3, -0.25) is 4.79 Å². The summed E-state index contributed by atoms with van der Waals surface area (Å²) in [6, 6.07) is 0. The lowest BCUT2D eigenvalue weighted by Crippen LogP contribution is -2.14. The number of aliphatic hydroxyl groups is 1. The zero-order chi connectivity index (χ0) is 9.54. The third kappa shape index (κ3) is 89.8. The van der Waals surface area contributed by atoms with Crippen LogP contribution in [0.4, 0.5) is 0 Å². The van der Waals surface area contributed by atoms with Crippen molar-refractivity contribution in [1.82, 2.24) is 5.32 Å². The van der Waals surface area contributed by atoms with E-state index in [2.05, 4.69) is 5.32 Å². The Morgan fingerprint density at radius 1 is 1.55 bits per heavy atom. The molecule has 11 heavy (non-hydrogen) atoms. The summed E-state index contributed by atoms with van der Waals surface area (Å²) in [5.74, 6) is 0. The van der Waals surface area contributed by atoms with E-state index in [4.69, 9.17) is 10.8 Å². The molecule has 0 rings (SSSR count). The van der Waals surface area contributed by atoms with E-state index >= 15 is 0 Å². The molecule has 4 nitrogen and oxygen atoms in total. The summed E-state index contributed by atoms with van der Waals surface area (Å²) >= 11 is 0. The van der Waals surface area contributed by atoms with Gasteiger partial charge >= 0.3 is 0 Å². The van der Waals surface area contributed by atoms with Gasteiger partial charge in [-0.05, 0) is 6.54 Å². The van der Waals surface area contributed by atoms with Crippen LogP contribution in [0.1, 0.15) is 20.8 Å². The van der Waals surface area contributed by atoms with Crippen LogP contribution in [0.5, 0.6) is 0 Å². The van der Waals surface area contributed by atoms with Gasteiger partial charge < -0.3 is 16.2 Å². The normalized spacial score (nSPS) is 6.27. The fourth-order valence-corrected chi connectivity index (χ4v) is 0.123. The lowest BCUT2D eigenvalue weighted by molar-refractivity contribution is -0.109. The molecular weight excluding hydrogens is 144 g/mol. The van der Waals surface area contributed by atoms with Crippen LogP contribution < -0.4 is 11.1 Å². The molecular formula is C7H20N2O2. The first-order chi connectivity index (χ1) is 5.33. The standard InChI is InChI=1S/C3H7NO2.C2H7N.C2H6/c5-2-1-4-3-6;1-2-3;1-2/h3,5H,1-2H2,(H,4,6);2-3H2,1H3;1-2H3. The second kappa shape index (κ2) is 34.3. The summed E-state index contributed by atoms with van der Waals surface area (Å²) in [6.07, 6.45) is 0.552. The van der Waals surface area contributed by atoms with E-state index in [1.165, 1.54) is 0 Å². The third-order valence-corrected chi connectivity index (χ3v) is 0.339. The predicted octanol–water partition coefficient (Wildman–Crippen LogP) is -0.284. The molecule has 0 aromatic heterocycles. The molecule has 0 unspecified atom stereocenters. The molecule has 0 saturated carbocycles. The highest BCUT2D eigenvalue weighted by atomic mass is 16.3. The first kappa shape index (κ1) is 16.8. The van der Waals surface area contributed by atoms with Crippen LogP contribution in [0.3, 0.4) is 0 Å². The van der Waals surface area contributed by atoms with Crippen molar-refractivity contribution < 1.29 is 9.90 Å². The monoisotopic (exact) mass is 164 g/mol. The van der Waals surface area contributed by atoms with Crippen molar-refractivity contribution in [2.45, 2.75) is 20.8 Å². The summed E-state index contributed by atoms with van der Waals surface area (Å²) in [6.45, 7) is 7.02. The molecule has 0 aromatic rings. The number of aliphatic hydroxyl groups excluding tert-OH is 1. The Bertz CT molecular complexity index is 51.7. The smallest absolute Gasteiger partial charge is 0.207 e. The van der Waals surface area contributed by atoms with Gasteiger partial charge in [0.1, 0.15) is 0 Å². The number of hydrogen-bond donors (Lipinski definition) is 3. The minimum absolute atomic E-state index is 0.0126. The Hall–Kier alpha value is -0.610. The number of rotatable bonds is 3. The molecule has 0 radical (unpaired) electrons. The number of carbonyl (C=O) groups excluding carboxylic acids is 1. The highest BCUT2D eigenvalue weighted by molar-refractivity contribution is 5.45.